The van der Waals surface area contributed by atoms with Crippen LogP contribution in [0.3, 0.4) is 0 Å². The van der Waals surface area contributed by atoms with Gasteiger partial charge in [0.1, 0.15) is 10.7 Å². The third-order valence-corrected chi connectivity index (χ3v) is 4.69. The third kappa shape index (κ3) is 3.66. The van der Waals surface area contributed by atoms with Crippen LogP contribution in [0.5, 0.6) is 0 Å². The average molecular weight is 336 g/mol. The van der Waals surface area contributed by atoms with Gasteiger partial charge in [0.25, 0.3) is 0 Å². The van der Waals surface area contributed by atoms with Gasteiger partial charge in [0, 0.05) is 23.8 Å². The molecule has 5 nitrogen and oxygen atoms in total. The van der Waals surface area contributed by atoms with Crippen molar-refractivity contribution < 1.29 is 8.42 Å². The monoisotopic (exact) mass is 335 g/mol. The second-order valence-electron chi connectivity index (χ2n) is 4.40. The number of sulfonamides is 1. The summed E-state index contributed by atoms with van der Waals surface area (Å²) < 4.78 is 27.8. The lowest BCUT2D eigenvalue weighted by molar-refractivity contribution is 0.476. The van der Waals surface area contributed by atoms with Crippen LogP contribution in [0.1, 0.15) is 20.8 Å². The zero-order chi connectivity index (χ0) is 13.9. The fraction of sp³-hybridized carbons (Fsp3) is 0.545. The van der Waals surface area contributed by atoms with E-state index >= 15 is 0 Å². The van der Waals surface area contributed by atoms with Crippen LogP contribution in [0, 0.1) is 5.92 Å². The van der Waals surface area contributed by atoms with Crippen LogP contribution in [0.2, 0.25) is 0 Å². The minimum atomic E-state index is -3.57. The summed E-state index contributed by atoms with van der Waals surface area (Å²) in [6, 6.07) is 1.40. The normalized spacial score (nSPS) is 13.7. The molecule has 18 heavy (non-hydrogen) atoms. The van der Waals surface area contributed by atoms with Gasteiger partial charge in [0.15, 0.2) is 0 Å². The van der Waals surface area contributed by atoms with Crippen molar-refractivity contribution in [1.29, 1.82) is 0 Å². The molecular formula is C11H18BrN3O2S. The van der Waals surface area contributed by atoms with Crippen LogP contribution >= 0.6 is 15.9 Å². The summed E-state index contributed by atoms with van der Waals surface area (Å²) in [5.41, 5.74) is 0. The van der Waals surface area contributed by atoms with E-state index in [4.69, 9.17) is 0 Å². The Morgan fingerprint density at radius 3 is 2.44 bits per heavy atom. The first kappa shape index (κ1) is 15.4. The quantitative estimate of drug-likeness (QED) is 0.865. The number of anilines is 1. The molecule has 0 bridgehead atoms. The van der Waals surface area contributed by atoms with E-state index in [9.17, 15) is 8.42 Å². The van der Waals surface area contributed by atoms with Crippen molar-refractivity contribution in [2.75, 3.05) is 12.4 Å². The Balaban J connectivity index is 3.15. The van der Waals surface area contributed by atoms with E-state index in [1.807, 2.05) is 20.8 Å². The fourth-order valence-electron chi connectivity index (χ4n) is 1.26. The van der Waals surface area contributed by atoms with E-state index in [1.165, 1.54) is 6.07 Å². The topological polar surface area (TPSA) is 71.1 Å². The van der Waals surface area contributed by atoms with Gasteiger partial charge in [0.05, 0.1) is 0 Å². The fourth-order valence-corrected chi connectivity index (χ4v) is 3.32. The highest BCUT2D eigenvalue weighted by Crippen LogP contribution is 2.23. The van der Waals surface area contributed by atoms with Gasteiger partial charge in [-0.1, -0.05) is 13.8 Å². The number of hydrogen-bond donors (Lipinski definition) is 2. The predicted molar refractivity (Wildman–Crippen MR) is 76.1 cm³/mol. The number of hydrogen-bond acceptors (Lipinski definition) is 4. The molecule has 0 fully saturated rings. The summed E-state index contributed by atoms with van der Waals surface area (Å²) in [7, 11) is -1.93. The molecule has 7 heteroatoms. The van der Waals surface area contributed by atoms with Crippen LogP contribution in [0.15, 0.2) is 21.6 Å². The van der Waals surface area contributed by atoms with Crippen molar-refractivity contribution in [3.8, 4) is 0 Å². The van der Waals surface area contributed by atoms with Crippen molar-refractivity contribution in [3.05, 3.63) is 16.7 Å². The molecule has 0 aliphatic carbocycles. The molecule has 1 heterocycles. The van der Waals surface area contributed by atoms with Gasteiger partial charge in [-0.25, -0.2) is 18.1 Å². The Morgan fingerprint density at radius 1 is 1.33 bits per heavy atom. The van der Waals surface area contributed by atoms with Crippen LogP contribution in [-0.2, 0) is 10.0 Å². The average Bonchev–Trinajstić information content (AvgIpc) is 2.28. The lowest BCUT2D eigenvalue weighted by Crippen LogP contribution is -2.36. The van der Waals surface area contributed by atoms with E-state index in [-0.39, 0.29) is 16.9 Å². The maximum Gasteiger partial charge on any atom is 0.244 e. The van der Waals surface area contributed by atoms with Gasteiger partial charge < -0.3 is 5.32 Å². The van der Waals surface area contributed by atoms with Gasteiger partial charge in [-0.15, -0.1) is 0 Å². The number of pyridine rings is 1. The summed E-state index contributed by atoms with van der Waals surface area (Å²) in [5, 5.41) is 2.78. The largest absolute Gasteiger partial charge is 0.372 e. The lowest BCUT2D eigenvalue weighted by Gasteiger charge is -2.18. The van der Waals surface area contributed by atoms with Crippen LogP contribution in [0.25, 0.3) is 0 Å². The summed E-state index contributed by atoms with van der Waals surface area (Å²) in [6.45, 7) is 5.77. The third-order valence-electron chi connectivity index (χ3n) is 2.69. The van der Waals surface area contributed by atoms with Crippen molar-refractivity contribution in [2.24, 2.45) is 5.92 Å². The standard InChI is InChI=1S/C11H18BrN3O2S/c1-7(2)8(3)15-18(16,17)10-5-9(12)6-14-11(10)13-4/h5-8,15H,1-4H3,(H,13,14). The van der Waals surface area contributed by atoms with E-state index in [1.54, 1.807) is 13.2 Å². The summed E-state index contributed by atoms with van der Waals surface area (Å²) in [4.78, 5) is 4.18. The van der Waals surface area contributed by atoms with Gasteiger partial charge >= 0.3 is 0 Å². The maximum absolute atomic E-state index is 12.3. The van der Waals surface area contributed by atoms with E-state index in [0.29, 0.717) is 10.3 Å². The molecule has 1 aromatic heterocycles. The lowest BCUT2D eigenvalue weighted by atomic mass is 10.1. The first-order valence-electron chi connectivity index (χ1n) is 5.63. The molecule has 1 atom stereocenters. The highest BCUT2D eigenvalue weighted by Gasteiger charge is 2.23. The minimum Gasteiger partial charge on any atom is -0.372 e. The van der Waals surface area contributed by atoms with E-state index < -0.39 is 10.0 Å². The Bertz CT molecular complexity index is 517. The Kier molecular flexibility index (Phi) is 5.12. The molecule has 1 aromatic rings. The molecule has 0 aromatic carbocycles. The molecule has 1 rings (SSSR count). The number of halogens is 1. The molecule has 0 amide bonds. The maximum atomic E-state index is 12.3. The van der Waals surface area contributed by atoms with Crippen molar-refractivity contribution in [1.82, 2.24) is 9.71 Å². The summed E-state index contributed by atoms with van der Waals surface area (Å²) >= 11 is 3.23. The predicted octanol–water partition coefficient (Wildman–Crippen LogP) is 2.21. The molecule has 0 radical (unpaired) electrons. The highest BCUT2D eigenvalue weighted by molar-refractivity contribution is 9.10. The van der Waals surface area contributed by atoms with Crippen LogP contribution in [-0.4, -0.2) is 26.5 Å². The summed E-state index contributed by atoms with van der Waals surface area (Å²) in [5.74, 6) is 0.555. The smallest absolute Gasteiger partial charge is 0.244 e. The molecule has 1 unspecified atom stereocenters. The summed E-state index contributed by atoms with van der Waals surface area (Å²) in [6.07, 6.45) is 1.55. The molecule has 0 aliphatic heterocycles. The SMILES string of the molecule is CNc1ncc(Br)cc1S(=O)(=O)NC(C)C(C)C. The number of nitrogens with zero attached hydrogens (tertiary/aromatic N) is 1. The first-order valence-corrected chi connectivity index (χ1v) is 7.91. The zero-order valence-corrected chi connectivity index (χ0v) is 13.3. The number of nitrogens with one attached hydrogen (secondary N) is 2. The molecule has 102 valence electrons. The van der Waals surface area contributed by atoms with Gasteiger partial charge in [0.2, 0.25) is 10.0 Å². The van der Waals surface area contributed by atoms with Gasteiger partial charge in [-0.05, 0) is 34.8 Å². The van der Waals surface area contributed by atoms with Crippen LogP contribution in [0.4, 0.5) is 5.82 Å². The minimum absolute atomic E-state index is 0.140. The number of aromatic nitrogens is 1. The highest BCUT2D eigenvalue weighted by atomic mass is 79.9. The van der Waals surface area contributed by atoms with Crippen molar-refractivity contribution in [2.45, 2.75) is 31.7 Å². The van der Waals surface area contributed by atoms with Gasteiger partial charge in [-0.3, -0.25) is 0 Å². The second-order valence-corrected chi connectivity index (χ2v) is 7.00. The van der Waals surface area contributed by atoms with Crippen LogP contribution < -0.4 is 10.0 Å². The first-order chi connectivity index (χ1) is 8.27. The number of rotatable bonds is 5. The van der Waals surface area contributed by atoms with E-state index in [0.717, 1.165) is 0 Å². The van der Waals surface area contributed by atoms with Crippen molar-refractivity contribution >= 4 is 31.8 Å². The Hall–Kier alpha value is -0.660. The molecule has 2 N–H and O–H groups in total. The molecule has 0 saturated carbocycles. The molecule has 0 spiro atoms. The second kappa shape index (κ2) is 5.99. The zero-order valence-electron chi connectivity index (χ0n) is 10.9. The Labute approximate surface area is 117 Å². The van der Waals surface area contributed by atoms with Gasteiger partial charge in [-0.2, -0.15) is 0 Å². The molecule has 0 aliphatic rings. The Morgan fingerprint density at radius 2 is 1.94 bits per heavy atom. The molecule has 0 saturated heterocycles. The molecular weight excluding hydrogens is 318 g/mol. The van der Waals surface area contributed by atoms with Crippen molar-refractivity contribution in [3.63, 3.8) is 0 Å². The van der Waals surface area contributed by atoms with E-state index in [2.05, 4.69) is 31.0 Å².